The highest BCUT2D eigenvalue weighted by Gasteiger charge is 2.27. The van der Waals surface area contributed by atoms with Crippen LogP contribution in [0.15, 0.2) is 34.2 Å². The Morgan fingerprint density at radius 1 is 1.08 bits per heavy atom. The van der Waals surface area contributed by atoms with Gasteiger partial charge in [-0.3, -0.25) is 4.79 Å². The van der Waals surface area contributed by atoms with Gasteiger partial charge in [0.1, 0.15) is 0 Å². The van der Waals surface area contributed by atoms with Gasteiger partial charge in [-0.05, 0) is 41.4 Å². The monoisotopic (exact) mass is 343 g/mol. The molecule has 1 aromatic rings. The molecule has 24 heavy (non-hydrogen) atoms. The number of carbonyl (C=O) groups is 1. The minimum absolute atomic E-state index is 0.117. The second-order valence-electron chi connectivity index (χ2n) is 7.47. The zero-order chi connectivity index (χ0) is 17.3. The molecule has 2 heterocycles. The fraction of sp³-hybridized carbons (Fsp3) is 0.474. The molecule has 1 amide bonds. The molecule has 0 radical (unpaired) electrons. The van der Waals surface area contributed by atoms with E-state index in [4.69, 9.17) is 0 Å². The Hall–Kier alpha value is -1.59. The summed E-state index contributed by atoms with van der Waals surface area (Å²) in [5, 5.41) is 0.852. The van der Waals surface area contributed by atoms with E-state index in [0.717, 1.165) is 36.9 Å². The van der Waals surface area contributed by atoms with E-state index in [1.165, 1.54) is 17.3 Å². The number of piperazine rings is 1. The molecule has 128 valence electrons. The average Bonchev–Trinajstić information content (AvgIpc) is 2.89. The summed E-state index contributed by atoms with van der Waals surface area (Å²) in [5.74, 6) is -0.117. The van der Waals surface area contributed by atoms with E-state index in [1.807, 2.05) is 6.08 Å². The first kappa shape index (κ1) is 17.2. The van der Waals surface area contributed by atoms with E-state index in [-0.39, 0.29) is 11.3 Å². The summed E-state index contributed by atoms with van der Waals surface area (Å²) >= 11 is 1.50. The van der Waals surface area contributed by atoms with Gasteiger partial charge >= 0.3 is 0 Å². The van der Waals surface area contributed by atoms with Gasteiger partial charge in [0, 0.05) is 26.2 Å². The summed E-state index contributed by atoms with van der Waals surface area (Å²) in [7, 11) is 2.12. The number of benzene rings is 1. The first-order chi connectivity index (χ1) is 11.3. The summed E-state index contributed by atoms with van der Waals surface area (Å²) in [6, 6.07) is 8.43. The maximum Gasteiger partial charge on any atom is 0.286 e. The lowest BCUT2D eigenvalue weighted by atomic mass is 9.87. The van der Waals surface area contributed by atoms with Crippen LogP contribution in [0.1, 0.15) is 31.9 Å². The number of amides is 1. The highest BCUT2D eigenvalue weighted by atomic mass is 32.2. The van der Waals surface area contributed by atoms with Crippen molar-refractivity contribution in [3.05, 3.63) is 40.3 Å². The molecule has 0 aromatic heterocycles. The Bertz CT molecular complexity index is 678. The predicted molar refractivity (Wildman–Crippen MR) is 102 cm³/mol. The molecule has 5 heteroatoms. The van der Waals surface area contributed by atoms with Crippen molar-refractivity contribution in [2.24, 2.45) is 4.99 Å². The highest BCUT2D eigenvalue weighted by molar-refractivity contribution is 8.18. The van der Waals surface area contributed by atoms with Crippen LogP contribution in [0.3, 0.4) is 0 Å². The van der Waals surface area contributed by atoms with Gasteiger partial charge in [-0.25, -0.2) is 0 Å². The molecule has 4 nitrogen and oxygen atoms in total. The molecule has 1 aromatic carbocycles. The van der Waals surface area contributed by atoms with Crippen LogP contribution < -0.4 is 0 Å². The number of thioether (sulfide) groups is 1. The Morgan fingerprint density at radius 3 is 2.29 bits per heavy atom. The van der Waals surface area contributed by atoms with Crippen molar-refractivity contribution < 1.29 is 4.79 Å². The quantitative estimate of drug-likeness (QED) is 0.734. The zero-order valence-electron chi connectivity index (χ0n) is 14.9. The van der Waals surface area contributed by atoms with E-state index in [2.05, 4.69) is 66.9 Å². The molecule has 0 saturated carbocycles. The third kappa shape index (κ3) is 3.90. The smallest absolute Gasteiger partial charge is 0.286 e. The van der Waals surface area contributed by atoms with Gasteiger partial charge in [0.15, 0.2) is 5.17 Å². The molecular weight excluding hydrogens is 318 g/mol. The lowest BCUT2D eigenvalue weighted by Gasteiger charge is -2.32. The van der Waals surface area contributed by atoms with Gasteiger partial charge in [0.25, 0.3) is 5.91 Å². The molecule has 3 rings (SSSR count). The Balaban J connectivity index is 1.70. The van der Waals surface area contributed by atoms with Crippen molar-refractivity contribution in [1.82, 2.24) is 9.80 Å². The van der Waals surface area contributed by atoms with Crippen molar-refractivity contribution in [3.63, 3.8) is 0 Å². The van der Waals surface area contributed by atoms with Gasteiger partial charge in [0.05, 0.1) is 4.91 Å². The molecule has 1 saturated heterocycles. The van der Waals surface area contributed by atoms with Gasteiger partial charge in [0.2, 0.25) is 0 Å². The van der Waals surface area contributed by atoms with Crippen LogP contribution in [-0.2, 0) is 10.2 Å². The molecule has 0 bridgehead atoms. The van der Waals surface area contributed by atoms with Crippen molar-refractivity contribution in [2.75, 3.05) is 33.2 Å². The largest absolute Gasteiger partial charge is 0.348 e. The summed E-state index contributed by atoms with van der Waals surface area (Å²) in [5.41, 5.74) is 2.49. The van der Waals surface area contributed by atoms with E-state index in [1.54, 1.807) is 0 Å². The van der Waals surface area contributed by atoms with Crippen molar-refractivity contribution in [3.8, 4) is 0 Å². The highest BCUT2D eigenvalue weighted by Crippen LogP contribution is 2.31. The van der Waals surface area contributed by atoms with Crippen LogP contribution in [0.25, 0.3) is 6.08 Å². The van der Waals surface area contributed by atoms with E-state index >= 15 is 0 Å². The molecular formula is C19H25N3OS. The SMILES string of the molecule is CN1CCN(C2=NC(=O)/C(=C\c3ccc(C(C)(C)C)cc3)S2)CC1. The van der Waals surface area contributed by atoms with Crippen LogP contribution in [0.2, 0.25) is 0 Å². The molecule has 0 spiro atoms. The van der Waals surface area contributed by atoms with Crippen LogP contribution in [0.5, 0.6) is 0 Å². The van der Waals surface area contributed by atoms with E-state index < -0.39 is 0 Å². The third-order valence-electron chi connectivity index (χ3n) is 4.46. The lowest BCUT2D eigenvalue weighted by Crippen LogP contribution is -2.46. The molecule has 2 aliphatic rings. The Morgan fingerprint density at radius 2 is 1.71 bits per heavy atom. The molecule has 1 fully saturated rings. The standard InChI is InChI=1S/C19H25N3OS/c1-19(2,3)15-7-5-14(6-8-15)13-16-17(23)20-18(24-16)22-11-9-21(4)10-12-22/h5-8,13H,9-12H2,1-4H3/b16-13+. The number of nitrogens with zero attached hydrogens (tertiary/aromatic N) is 3. The number of rotatable bonds is 1. The third-order valence-corrected chi connectivity index (χ3v) is 5.50. The summed E-state index contributed by atoms with van der Waals surface area (Å²) in [6.45, 7) is 10.5. The van der Waals surface area contributed by atoms with Crippen molar-refractivity contribution in [1.29, 1.82) is 0 Å². The number of hydrogen-bond donors (Lipinski definition) is 0. The van der Waals surface area contributed by atoms with Gasteiger partial charge in [-0.2, -0.15) is 4.99 Å². The van der Waals surface area contributed by atoms with E-state index in [9.17, 15) is 4.79 Å². The van der Waals surface area contributed by atoms with Crippen LogP contribution in [-0.4, -0.2) is 54.1 Å². The normalized spacial score (nSPS) is 21.5. The van der Waals surface area contributed by atoms with Crippen LogP contribution >= 0.6 is 11.8 Å². The lowest BCUT2D eigenvalue weighted by molar-refractivity contribution is -0.113. The Kier molecular flexibility index (Phi) is 4.83. The first-order valence-corrected chi connectivity index (χ1v) is 9.21. The molecule has 0 atom stereocenters. The number of carbonyl (C=O) groups excluding carboxylic acids is 1. The molecule has 0 aliphatic carbocycles. The van der Waals surface area contributed by atoms with Gasteiger partial charge in [-0.15, -0.1) is 0 Å². The number of aliphatic imine (C=N–C) groups is 1. The number of amidine groups is 1. The fourth-order valence-corrected chi connectivity index (χ4v) is 3.73. The minimum Gasteiger partial charge on any atom is -0.348 e. The van der Waals surface area contributed by atoms with Gasteiger partial charge < -0.3 is 9.80 Å². The molecule has 2 aliphatic heterocycles. The maximum atomic E-state index is 12.2. The number of likely N-dealkylation sites (N-methyl/N-ethyl adjacent to an activating group) is 1. The predicted octanol–water partition coefficient (Wildman–Crippen LogP) is 3.20. The van der Waals surface area contributed by atoms with Crippen molar-refractivity contribution in [2.45, 2.75) is 26.2 Å². The van der Waals surface area contributed by atoms with Crippen LogP contribution in [0.4, 0.5) is 0 Å². The second-order valence-corrected chi connectivity index (χ2v) is 8.48. The summed E-state index contributed by atoms with van der Waals surface area (Å²) in [6.07, 6.45) is 1.95. The van der Waals surface area contributed by atoms with Crippen LogP contribution in [0, 0.1) is 0 Å². The topological polar surface area (TPSA) is 35.9 Å². The second kappa shape index (κ2) is 6.73. The first-order valence-electron chi connectivity index (χ1n) is 8.39. The van der Waals surface area contributed by atoms with Gasteiger partial charge in [-0.1, -0.05) is 45.0 Å². The molecule has 0 N–H and O–H groups in total. The zero-order valence-corrected chi connectivity index (χ0v) is 15.7. The van der Waals surface area contributed by atoms with Crippen molar-refractivity contribution >= 4 is 28.9 Å². The average molecular weight is 343 g/mol. The number of hydrogen-bond acceptors (Lipinski definition) is 4. The summed E-state index contributed by atoms with van der Waals surface area (Å²) < 4.78 is 0. The molecule has 0 unspecified atom stereocenters. The maximum absolute atomic E-state index is 12.2. The minimum atomic E-state index is -0.117. The van der Waals surface area contributed by atoms with E-state index in [0.29, 0.717) is 4.91 Å². The summed E-state index contributed by atoms with van der Waals surface area (Å²) in [4.78, 5) is 21.7. The Labute approximate surface area is 148 Å². The fourth-order valence-electron chi connectivity index (χ4n) is 2.76.